The van der Waals surface area contributed by atoms with Gasteiger partial charge in [-0.3, -0.25) is 4.90 Å². The third kappa shape index (κ3) is 3.47. The van der Waals surface area contributed by atoms with Crippen molar-refractivity contribution in [2.75, 3.05) is 31.1 Å². The van der Waals surface area contributed by atoms with Crippen molar-refractivity contribution in [1.82, 2.24) is 4.90 Å². The number of hydrogen-bond acceptors (Lipinski definition) is 4. The molecule has 0 aromatic heterocycles. The Balaban J connectivity index is 2.18. The zero-order valence-corrected chi connectivity index (χ0v) is 13.2. The predicted molar refractivity (Wildman–Crippen MR) is 87.2 cm³/mol. The summed E-state index contributed by atoms with van der Waals surface area (Å²) in [7, 11) is 0. The number of amidine groups is 1. The monoisotopic (exact) mass is 290 g/mol. The van der Waals surface area contributed by atoms with Gasteiger partial charge in [0, 0.05) is 43.5 Å². The second-order valence-electron chi connectivity index (χ2n) is 5.79. The molecule has 116 valence electrons. The highest BCUT2D eigenvalue weighted by Crippen LogP contribution is 2.24. The molecule has 0 spiro atoms. The van der Waals surface area contributed by atoms with Crippen LogP contribution in [-0.2, 0) is 0 Å². The van der Waals surface area contributed by atoms with E-state index in [1.165, 1.54) is 12.0 Å². The number of nitrogens with two attached hydrogens (primary N) is 1. The van der Waals surface area contributed by atoms with Gasteiger partial charge in [0.15, 0.2) is 5.84 Å². The fraction of sp³-hybridized carbons (Fsp3) is 0.562. The lowest BCUT2D eigenvalue weighted by Crippen LogP contribution is -2.49. The SMILES string of the molecule is CCC(C)N1CCN(c2cc(C)ccc2C(N)=NO)CC1. The Morgan fingerprint density at radius 1 is 1.33 bits per heavy atom. The highest BCUT2D eigenvalue weighted by atomic mass is 16.4. The molecule has 1 aromatic carbocycles. The Morgan fingerprint density at radius 2 is 2.00 bits per heavy atom. The molecule has 1 aliphatic heterocycles. The second kappa shape index (κ2) is 6.80. The van der Waals surface area contributed by atoms with Crippen molar-refractivity contribution in [2.45, 2.75) is 33.2 Å². The van der Waals surface area contributed by atoms with E-state index in [4.69, 9.17) is 10.9 Å². The molecule has 1 fully saturated rings. The van der Waals surface area contributed by atoms with Crippen molar-refractivity contribution in [3.05, 3.63) is 29.3 Å². The highest BCUT2D eigenvalue weighted by molar-refractivity contribution is 6.02. The minimum atomic E-state index is 0.175. The average molecular weight is 290 g/mol. The van der Waals surface area contributed by atoms with Crippen molar-refractivity contribution >= 4 is 11.5 Å². The van der Waals surface area contributed by atoms with E-state index in [2.05, 4.69) is 41.8 Å². The maximum atomic E-state index is 8.96. The molecule has 0 saturated carbocycles. The summed E-state index contributed by atoms with van der Waals surface area (Å²) in [6.07, 6.45) is 1.18. The van der Waals surface area contributed by atoms with Crippen molar-refractivity contribution < 1.29 is 5.21 Å². The van der Waals surface area contributed by atoms with Crippen LogP contribution in [0, 0.1) is 6.92 Å². The molecule has 1 unspecified atom stereocenters. The van der Waals surface area contributed by atoms with E-state index in [0.29, 0.717) is 6.04 Å². The van der Waals surface area contributed by atoms with Crippen LogP contribution in [0.15, 0.2) is 23.4 Å². The predicted octanol–water partition coefficient (Wildman–Crippen LogP) is 2.01. The minimum absolute atomic E-state index is 0.175. The van der Waals surface area contributed by atoms with Crippen LogP contribution >= 0.6 is 0 Å². The molecule has 0 aliphatic carbocycles. The number of hydrogen-bond donors (Lipinski definition) is 2. The van der Waals surface area contributed by atoms with Crippen LogP contribution in [0.2, 0.25) is 0 Å². The number of benzene rings is 1. The molecule has 5 heteroatoms. The first-order valence-electron chi connectivity index (χ1n) is 7.64. The van der Waals surface area contributed by atoms with Crippen LogP contribution in [0.25, 0.3) is 0 Å². The number of anilines is 1. The van der Waals surface area contributed by atoms with E-state index in [1.807, 2.05) is 12.1 Å². The van der Waals surface area contributed by atoms with Crippen LogP contribution in [0.1, 0.15) is 31.4 Å². The van der Waals surface area contributed by atoms with Crippen molar-refractivity contribution in [3.8, 4) is 0 Å². The van der Waals surface area contributed by atoms with Crippen LogP contribution in [0.4, 0.5) is 5.69 Å². The third-order valence-electron chi connectivity index (χ3n) is 4.41. The summed E-state index contributed by atoms with van der Waals surface area (Å²) >= 11 is 0. The summed E-state index contributed by atoms with van der Waals surface area (Å²) in [5.74, 6) is 0.175. The molecule has 0 bridgehead atoms. The molecule has 1 atom stereocenters. The molecule has 0 amide bonds. The van der Waals surface area contributed by atoms with Crippen LogP contribution in [0.3, 0.4) is 0 Å². The average Bonchev–Trinajstić information content (AvgIpc) is 2.53. The molecule has 3 N–H and O–H groups in total. The molecule has 2 rings (SSSR count). The van der Waals surface area contributed by atoms with Crippen molar-refractivity contribution in [3.63, 3.8) is 0 Å². The van der Waals surface area contributed by atoms with Gasteiger partial charge in [-0.15, -0.1) is 0 Å². The molecule has 1 saturated heterocycles. The second-order valence-corrected chi connectivity index (χ2v) is 5.79. The van der Waals surface area contributed by atoms with Gasteiger partial charge in [0.2, 0.25) is 0 Å². The van der Waals surface area contributed by atoms with Gasteiger partial charge in [0.25, 0.3) is 0 Å². The Morgan fingerprint density at radius 3 is 2.57 bits per heavy atom. The smallest absolute Gasteiger partial charge is 0.172 e. The van der Waals surface area contributed by atoms with Gasteiger partial charge in [-0.1, -0.05) is 18.1 Å². The molecule has 1 aromatic rings. The number of piperazine rings is 1. The maximum Gasteiger partial charge on any atom is 0.172 e. The van der Waals surface area contributed by atoms with Crippen molar-refractivity contribution in [2.24, 2.45) is 10.9 Å². The molecule has 1 aliphatic rings. The molecular weight excluding hydrogens is 264 g/mol. The van der Waals surface area contributed by atoms with Gasteiger partial charge >= 0.3 is 0 Å². The van der Waals surface area contributed by atoms with Gasteiger partial charge in [-0.05, 0) is 38.0 Å². The zero-order valence-electron chi connectivity index (χ0n) is 13.2. The highest BCUT2D eigenvalue weighted by Gasteiger charge is 2.22. The number of aryl methyl sites for hydroxylation is 1. The van der Waals surface area contributed by atoms with Crippen LogP contribution < -0.4 is 10.6 Å². The molecule has 1 heterocycles. The molecule has 21 heavy (non-hydrogen) atoms. The number of nitrogens with zero attached hydrogens (tertiary/aromatic N) is 3. The number of oxime groups is 1. The summed E-state index contributed by atoms with van der Waals surface area (Å²) in [5, 5.41) is 12.1. The third-order valence-corrected chi connectivity index (χ3v) is 4.41. The standard InChI is InChI=1S/C16H26N4O/c1-4-13(3)19-7-9-20(10-8-19)15-11-12(2)5-6-14(15)16(17)18-21/h5-6,11,13,21H,4,7-10H2,1-3H3,(H2,17,18). The Kier molecular flexibility index (Phi) is 5.07. The van der Waals surface area contributed by atoms with E-state index < -0.39 is 0 Å². The summed E-state index contributed by atoms with van der Waals surface area (Å²) in [6, 6.07) is 6.67. The topological polar surface area (TPSA) is 65.1 Å². The Labute approximate surface area is 127 Å². The Bertz CT molecular complexity index is 507. The van der Waals surface area contributed by atoms with Crippen LogP contribution in [0.5, 0.6) is 0 Å². The molecule has 5 nitrogen and oxygen atoms in total. The summed E-state index contributed by atoms with van der Waals surface area (Å²) in [5.41, 5.74) is 8.87. The lowest BCUT2D eigenvalue weighted by atomic mass is 10.1. The quantitative estimate of drug-likeness (QED) is 0.385. The van der Waals surface area contributed by atoms with E-state index in [1.54, 1.807) is 0 Å². The van der Waals surface area contributed by atoms with E-state index >= 15 is 0 Å². The Hall–Kier alpha value is -1.75. The summed E-state index contributed by atoms with van der Waals surface area (Å²) in [6.45, 7) is 10.6. The van der Waals surface area contributed by atoms with E-state index in [9.17, 15) is 0 Å². The van der Waals surface area contributed by atoms with Gasteiger partial charge in [0.1, 0.15) is 0 Å². The first-order valence-corrected chi connectivity index (χ1v) is 7.64. The van der Waals surface area contributed by atoms with E-state index in [0.717, 1.165) is 37.4 Å². The summed E-state index contributed by atoms with van der Waals surface area (Å²) < 4.78 is 0. The van der Waals surface area contributed by atoms with Gasteiger partial charge < -0.3 is 15.8 Å². The first-order chi connectivity index (χ1) is 10.1. The first kappa shape index (κ1) is 15.6. The van der Waals surface area contributed by atoms with Gasteiger partial charge in [0.05, 0.1) is 0 Å². The van der Waals surface area contributed by atoms with E-state index in [-0.39, 0.29) is 5.84 Å². The van der Waals surface area contributed by atoms with Crippen LogP contribution in [-0.4, -0.2) is 48.2 Å². The molecular formula is C16H26N4O. The molecule has 0 radical (unpaired) electrons. The number of rotatable bonds is 4. The lowest BCUT2D eigenvalue weighted by molar-refractivity contribution is 0.193. The lowest BCUT2D eigenvalue weighted by Gasteiger charge is -2.39. The zero-order chi connectivity index (χ0) is 15.4. The minimum Gasteiger partial charge on any atom is -0.409 e. The summed E-state index contributed by atoms with van der Waals surface area (Å²) in [4.78, 5) is 4.86. The van der Waals surface area contributed by atoms with Gasteiger partial charge in [-0.25, -0.2) is 0 Å². The normalized spacial score (nSPS) is 18.8. The fourth-order valence-electron chi connectivity index (χ4n) is 2.84. The maximum absolute atomic E-state index is 8.96. The fourth-order valence-corrected chi connectivity index (χ4v) is 2.84. The van der Waals surface area contributed by atoms with Gasteiger partial charge in [-0.2, -0.15) is 0 Å². The van der Waals surface area contributed by atoms with Crippen molar-refractivity contribution in [1.29, 1.82) is 0 Å². The largest absolute Gasteiger partial charge is 0.409 e.